The number of nitrogens with zero attached hydrogens (tertiary/aromatic N) is 1. The molecule has 2 atom stereocenters. The van der Waals surface area contributed by atoms with Crippen LogP contribution >= 0.6 is 0 Å². The van der Waals surface area contributed by atoms with Gasteiger partial charge in [0.25, 0.3) is 0 Å². The van der Waals surface area contributed by atoms with Gasteiger partial charge in [0.15, 0.2) is 0 Å². The molecular formula is C18H28N2O3. The molecule has 1 N–H and O–H groups in total. The average Bonchev–Trinajstić information content (AvgIpc) is 2.52. The highest BCUT2D eigenvalue weighted by Crippen LogP contribution is 2.27. The summed E-state index contributed by atoms with van der Waals surface area (Å²) in [5, 5.41) is 2.88. The third kappa shape index (κ3) is 5.03. The number of hydrogen-bond acceptors (Lipinski definition) is 4. The number of amides is 1. The number of morpholine rings is 1. The Kier molecular flexibility index (Phi) is 6.57. The second kappa shape index (κ2) is 8.43. The van der Waals surface area contributed by atoms with E-state index >= 15 is 0 Å². The third-order valence-corrected chi connectivity index (χ3v) is 4.32. The molecule has 1 saturated heterocycles. The Balaban J connectivity index is 1.98. The van der Waals surface area contributed by atoms with E-state index in [4.69, 9.17) is 9.47 Å². The summed E-state index contributed by atoms with van der Waals surface area (Å²) in [4.78, 5) is 14.2. The molecule has 5 nitrogen and oxygen atoms in total. The molecule has 0 radical (unpaired) electrons. The maximum absolute atomic E-state index is 12.0. The first-order valence-electron chi connectivity index (χ1n) is 8.19. The Morgan fingerprint density at radius 2 is 2.22 bits per heavy atom. The van der Waals surface area contributed by atoms with Crippen LogP contribution in [0, 0.1) is 13.8 Å². The number of hydrogen-bond donors (Lipinski definition) is 1. The first kappa shape index (κ1) is 17.9. The molecule has 0 bridgehead atoms. The van der Waals surface area contributed by atoms with Crippen molar-refractivity contribution >= 4 is 5.91 Å². The van der Waals surface area contributed by atoms with Gasteiger partial charge in [-0.05, 0) is 31.9 Å². The van der Waals surface area contributed by atoms with Crippen LogP contribution in [0.25, 0.3) is 0 Å². The summed E-state index contributed by atoms with van der Waals surface area (Å²) in [6, 6.07) is 6.68. The summed E-state index contributed by atoms with van der Waals surface area (Å²) in [7, 11) is 1.63. The van der Waals surface area contributed by atoms with Crippen LogP contribution in [0.4, 0.5) is 0 Å². The molecule has 2 rings (SSSR count). The molecular weight excluding hydrogens is 292 g/mol. The standard InChI is InChI=1S/C18H28N2O3/c1-13-5-6-14(2)16(9-13)17-10-20(15(3)12-23-17)11-18(21)19-7-8-22-4/h5-6,9,15,17H,7-8,10-12H2,1-4H3,(H,19,21)/t15-,17-/m1/s1. The van der Waals surface area contributed by atoms with Crippen molar-refractivity contribution in [1.29, 1.82) is 0 Å². The second-order valence-electron chi connectivity index (χ2n) is 6.30. The van der Waals surface area contributed by atoms with Gasteiger partial charge in [0.2, 0.25) is 5.91 Å². The topological polar surface area (TPSA) is 50.8 Å². The van der Waals surface area contributed by atoms with Crippen LogP contribution in [0.3, 0.4) is 0 Å². The minimum absolute atomic E-state index is 0.0258. The minimum atomic E-state index is 0.0258. The van der Waals surface area contributed by atoms with Crippen molar-refractivity contribution in [2.75, 3.05) is 40.0 Å². The lowest BCUT2D eigenvalue weighted by Crippen LogP contribution is -2.49. The highest BCUT2D eigenvalue weighted by Gasteiger charge is 2.29. The van der Waals surface area contributed by atoms with E-state index in [1.807, 2.05) is 0 Å². The van der Waals surface area contributed by atoms with Crippen LogP contribution < -0.4 is 5.32 Å². The summed E-state index contributed by atoms with van der Waals surface area (Å²) in [6.45, 7) is 9.17. The maximum atomic E-state index is 12.0. The van der Waals surface area contributed by atoms with E-state index in [0.717, 1.165) is 6.54 Å². The average molecular weight is 320 g/mol. The van der Waals surface area contributed by atoms with E-state index in [0.29, 0.717) is 26.3 Å². The molecule has 1 aliphatic rings. The fraction of sp³-hybridized carbons (Fsp3) is 0.611. The molecule has 1 amide bonds. The van der Waals surface area contributed by atoms with Gasteiger partial charge in [0.05, 0.1) is 25.9 Å². The molecule has 1 aliphatic heterocycles. The first-order valence-corrected chi connectivity index (χ1v) is 8.19. The van der Waals surface area contributed by atoms with Crippen molar-refractivity contribution in [1.82, 2.24) is 10.2 Å². The Hall–Kier alpha value is -1.43. The number of carbonyl (C=O) groups excluding carboxylic acids is 1. The minimum Gasteiger partial charge on any atom is -0.383 e. The molecule has 1 heterocycles. The Morgan fingerprint density at radius 3 is 2.96 bits per heavy atom. The van der Waals surface area contributed by atoms with Gasteiger partial charge in [-0.25, -0.2) is 0 Å². The summed E-state index contributed by atoms with van der Waals surface area (Å²) in [6.07, 6.45) is 0.0258. The zero-order valence-corrected chi connectivity index (χ0v) is 14.6. The van der Waals surface area contributed by atoms with Crippen molar-refractivity contribution in [3.63, 3.8) is 0 Å². The summed E-state index contributed by atoms with van der Waals surface area (Å²) < 4.78 is 11.0. The summed E-state index contributed by atoms with van der Waals surface area (Å²) >= 11 is 0. The molecule has 0 unspecified atom stereocenters. The molecule has 23 heavy (non-hydrogen) atoms. The van der Waals surface area contributed by atoms with Gasteiger partial charge < -0.3 is 14.8 Å². The number of methoxy groups -OCH3 is 1. The van der Waals surface area contributed by atoms with Gasteiger partial charge in [-0.15, -0.1) is 0 Å². The van der Waals surface area contributed by atoms with Gasteiger partial charge in [0.1, 0.15) is 0 Å². The predicted octanol–water partition coefficient (Wildman–Crippen LogP) is 1.83. The van der Waals surface area contributed by atoms with Gasteiger partial charge in [0, 0.05) is 26.2 Å². The maximum Gasteiger partial charge on any atom is 0.234 e. The van der Waals surface area contributed by atoms with Crippen LogP contribution in [-0.4, -0.2) is 56.8 Å². The smallest absolute Gasteiger partial charge is 0.234 e. The second-order valence-corrected chi connectivity index (χ2v) is 6.30. The molecule has 5 heteroatoms. The quantitative estimate of drug-likeness (QED) is 0.813. The van der Waals surface area contributed by atoms with Crippen molar-refractivity contribution < 1.29 is 14.3 Å². The molecule has 1 aromatic rings. The molecule has 1 fully saturated rings. The van der Waals surface area contributed by atoms with Crippen molar-refractivity contribution in [3.8, 4) is 0 Å². The fourth-order valence-corrected chi connectivity index (χ4v) is 2.85. The number of benzene rings is 1. The van der Waals surface area contributed by atoms with Crippen molar-refractivity contribution in [3.05, 3.63) is 34.9 Å². The number of carbonyl (C=O) groups is 1. The van der Waals surface area contributed by atoms with Gasteiger partial charge >= 0.3 is 0 Å². The van der Waals surface area contributed by atoms with Crippen LogP contribution in [0.5, 0.6) is 0 Å². The molecule has 0 spiro atoms. The molecule has 0 aromatic heterocycles. The van der Waals surface area contributed by atoms with E-state index < -0.39 is 0 Å². The number of aryl methyl sites for hydroxylation is 2. The molecule has 1 aromatic carbocycles. The molecule has 0 aliphatic carbocycles. The Morgan fingerprint density at radius 1 is 1.43 bits per heavy atom. The van der Waals surface area contributed by atoms with Gasteiger partial charge in [-0.2, -0.15) is 0 Å². The van der Waals surface area contributed by atoms with E-state index in [2.05, 4.69) is 49.2 Å². The lowest BCUT2D eigenvalue weighted by molar-refractivity contribution is -0.126. The fourth-order valence-electron chi connectivity index (χ4n) is 2.85. The van der Waals surface area contributed by atoms with Gasteiger partial charge in [-0.3, -0.25) is 9.69 Å². The third-order valence-electron chi connectivity index (χ3n) is 4.32. The highest BCUT2D eigenvalue weighted by atomic mass is 16.5. The van der Waals surface area contributed by atoms with E-state index in [1.54, 1.807) is 7.11 Å². The van der Waals surface area contributed by atoms with Crippen molar-refractivity contribution in [2.45, 2.75) is 32.9 Å². The summed E-state index contributed by atoms with van der Waals surface area (Å²) in [5.74, 6) is 0.0375. The van der Waals surface area contributed by atoms with Crippen LogP contribution in [-0.2, 0) is 14.3 Å². The number of ether oxygens (including phenoxy) is 2. The zero-order chi connectivity index (χ0) is 16.8. The van der Waals surface area contributed by atoms with Crippen molar-refractivity contribution in [2.24, 2.45) is 0 Å². The lowest BCUT2D eigenvalue weighted by Gasteiger charge is -2.38. The largest absolute Gasteiger partial charge is 0.383 e. The predicted molar refractivity (Wildman–Crippen MR) is 90.5 cm³/mol. The zero-order valence-electron chi connectivity index (χ0n) is 14.6. The number of rotatable bonds is 6. The van der Waals surface area contributed by atoms with E-state index in [9.17, 15) is 4.79 Å². The molecule has 0 saturated carbocycles. The molecule has 128 valence electrons. The first-order chi connectivity index (χ1) is 11.0. The Bertz CT molecular complexity index is 533. The highest BCUT2D eigenvalue weighted by molar-refractivity contribution is 5.78. The van der Waals surface area contributed by atoms with E-state index in [1.165, 1.54) is 16.7 Å². The summed E-state index contributed by atoms with van der Waals surface area (Å²) in [5.41, 5.74) is 3.69. The van der Waals surface area contributed by atoms with Crippen LogP contribution in [0.2, 0.25) is 0 Å². The van der Waals surface area contributed by atoms with E-state index in [-0.39, 0.29) is 18.1 Å². The van der Waals surface area contributed by atoms with Crippen LogP contribution in [0.1, 0.15) is 29.7 Å². The lowest BCUT2D eigenvalue weighted by atomic mass is 9.99. The SMILES string of the molecule is COCCNC(=O)CN1C[C@H](c2cc(C)ccc2C)OC[C@H]1C. The van der Waals surface area contributed by atoms with Gasteiger partial charge in [-0.1, -0.05) is 23.8 Å². The monoisotopic (exact) mass is 320 g/mol. The van der Waals surface area contributed by atoms with Crippen LogP contribution in [0.15, 0.2) is 18.2 Å². The normalized spacial score (nSPS) is 22.1. The Labute approximate surface area is 139 Å². The number of nitrogens with one attached hydrogen (secondary N) is 1.